The summed E-state index contributed by atoms with van der Waals surface area (Å²) in [6.07, 6.45) is 2.35. The van der Waals surface area contributed by atoms with Gasteiger partial charge >= 0.3 is 0 Å². The summed E-state index contributed by atoms with van der Waals surface area (Å²) in [5.41, 5.74) is 10.2. The quantitative estimate of drug-likeness (QED) is 0.188. The van der Waals surface area contributed by atoms with Crippen LogP contribution in [0.25, 0.3) is 11.4 Å². The zero-order valence-electron chi connectivity index (χ0n) is 32.7. The Morgan fingerprint density at radius 1 is 0.862 bits per heavy atom. The number of morpholine rings is 2. The van der Waals surface area contributed by atoms with Gasteiger partial charge in [0.2, 0.25) is 17.8 Å². The molecule has 2 amide bonds. The van der Waals surface area contributed by atoms with Crippen molar-refractivity contribution in [2.45, 2.75) is 51.5 Å². The number of piperazine rings is 1. The van der Waals surface area contributed by atoms with Gasteiger partial charge in [0, 0.05) is 77.4 Å². The zero-order chi connectivity index (χ0) is 40.5. The number of phenols is 2. The lowest BCUT2D eigenvalue weighted by Gasteiger charge is -2.43. The number of aliphatic hydroxyl groups is 1. The Morgan fingerprint density at radius 3 is 2.33 bits per heavy atom. The third-order valence-electron chi connectivity index (χ3n) is 11.2. The van der Waals surface area contributed by atoms with E-state index in [9.17, 15) is 24.9 Å². The first-order valence-corrected chi connectivity index (χ1v) is 19.7. The standard InChI is InChI=1S/C40H49N11O7/c1-24(2)30-14-31(33(54)15-32(30)53)36(55)50-19-26-4-3-25(13-27(26)20-50)18-47-5-6-51(29(21-47)23-52)37(56)34-22-49(9-12-58-34)40-45-35(28-16-42-38(41)43-17-28)44-39(46-40)48-7-10-57-11-8-48/h3-4,13-17,24,29,34,52-54H,5-12,18-23H2,1-2H3,(H2,41,42,43)/t29-,34?/m0/s1. The van der Waals surface area contributed by atoms with Crippen LogP contribution in [0.4, 0.5) is 17.8 Å². The monoisotopic (exact) mass is 795 g/mol. The van der Waals surface area contributed by atoms with E-state index in [1.165, 1.54) is 6.07 Å². The van der Waals surface area contributed by atoms with Crippen LogP contribution in [0.2, 0.25) is 0 Å². The van der Waals surface area contributed by atoms with E-state index in [4.69, 9.17) is 30.2 Å². The Labute approximate surface area is 335 Å². The third kappa shape index (κ3) is 8.18. The van der Waals surface area contributed by atoms with E-state index < -0.39 is 12.1 Å². The number of aromatic nitrogens is 5. The summed E-state index contributed by atoms with van der Waals surface area (Å²) >= 11 is 0. The van der Waals surface area contributed by atoms with Gasteiger partial charge in [-0.1, -0.05) is 32.0 Å². The molecule has 58 heavy (non-hydrogen) atoms. The summed E-state index contributed by atoms with van der Waals surface area (Å²) in [6, 6.07) is 8.58. The molecule has 6 heterocycles. The maximum absolute atomic E-state index is 14.1. The molecular weight excluding hydrogens is 747 g/mol. The summed E-state index contributed by atoms with van der Waals surface area (Å²) in [7, 11) is 0. The molecule has 0 spiro atoms. The summed E-state index contributed by atoms with van der Waals surface area (Å²) in [6.45, 7) is 9.89. The number of fused-ring (bicyclic) bond motifs is 1. The molecule has 8 rings (SSSR count). The van der Waals surface area contributed by atoms with Crippen LogP contribution in [0.5, 0.6) is 11.5 Å². The predicted octanol–water partition coefficient (Wildman–Crippen LogP) is 1.35. The average molecular weight is 796 g/mol. The number of ether oxygens (including phenoxy) is 2. The molecule has 3 fully saturated rings. The topological polar surface area (TPSA) is 220 Å². The highest BCUT2D eigenvalue weighted by molar-refractivity contribution is 5.97. The third-order valence-corrected chi connectivity index (χ3v) is 11.2. The molecule has 2 atom stereocenters. The van der Waals surface area contributed by atoms with E-state index >= 15 is 0 Å². The second-order valence-corrected chi connectivity index (χ2v) is 15.4. The first kappa shape index (κ1) is 39.2. The van der Waals surface area contributed by atoms with Crippen LogP contribution < -0.4 is 15.5 Å². The lowest BCUT2D eigenvalue weighted by Crippen LogP contribution is -2.60. The number of carbonyl (C=O) groups is 2. The number of rotatable bonds is 9. The molecule has 0 aliphatic carbocycles. The van der Waals surface area contributed by atoms with Crippen molar-refractivity contribution in [2.75, 3.05) is 87.8 Å². The Hall–Kier alpha value is -5.69. The van der Waals surface area contributed by atoms with Crippen molar-refractivity contribution in [3.8, 4) is 22.9 Å². The molecule has 3 saturated heterocycles. The highest BCUT2D eigenvalue weighted by Gasteiger charge is 2.38. The van der Waals surface area contributed by atoms with Crippen molar-refractivity contribution in [1.29, 1.82) is 0 Å². The van der Waals surface area contributed by atoms with E-state index in [0.717, 1.165) is 16.7 Å². The summed E-state index contributed by atoms with van der Waals surface area (Å²) in [5, 5.41) is 31.3. The van der Waals surface area contributed by atoms with Crippen LogP contribution in [0, 0.1) is 0 Å². The van der Waals surface area contributed by atoms with Crippen LogP contribution >= 0.6 is 0 Å². The maximum atomic E-state index is 14.1. The molecule has 0 radical (unpaired) electrons. The fourth-order valence-electron chi connectivity index (χ4n) is 8.00. The number of aliphatic hydroxyl groups excluding tert-OH is 1. The number of nitrogen functional groups attached to an aromatic ring is 1. The zero-order valence-corrected chi connectivity index (χ0v) is 32.7. The highest BCUT2D eigenvalue weighted by atomic mass is 16.5. The Morgan fingerprint density at radius 2 is 1.59 bits per heavy atom. The molecule has 5 N–H and O–H groups in total. The van der Waals surface area contributed by atoms with Gasteiger partial charge in [-0.15, -0.1) is 0 Å². The number of nitrogens with two attached hydrogens (primary N) is 1. The van der Waals surface area contributed by atoms with Gasteiger partial charge in [-0.05, 0) is 34.2 Å². The Balaban J connectivity index is 0.910. The molecule has 4 aromatic rings. The van der Waals surface area contributed by atoms with Crippen LogP contribution in [0.15, 0.2) is 42.7 Å². The van der Waals surface area contributed by atoms with Gasteiger partial charge in [0.05, 0.1) is 50.1 Å². The number of hydrogen-bond acceptors (Lipinski definition) is 16. The molecule has 0 bridgehead atoms. The maximum Gasteiger partial charge on any atom is 0.258 e. The van der Waals surface area contributed by atoms with E-state index in [1.807, 2.05) is 29.7 Å². The number of benzene rings is 2. The molecule has 1 unspecified atom stereocenters. The van der Waals surface area contributed by atoms with Crippen LogP contribution in [0.3, 0.4) is 0 Å². The molecule has 4 aliphatic rings. The summed E-state index contributed by atoms with van der Waals surface area (Å²) in [5.74, 6) is 0.660. The fraction of sp³-hybridized carbons (Fsp3) is 0.475. The molecule has 4 aliphatic heterocycles. The Bertz CT molecular complexity index is 2150. The predicted molar refractivity (Wildman–Crippen MR) is 212 cm³/mol. The number of anilines is 3. The number of hydrogen-bond donors (Lipinski definition) is 4. The van der Waals surface area contributed by atoms with Gasteiger partial charge in [0.25, 0.3) is 11.8 Å². The van der Waals surface area contributed by atoms with Gasteiger partial charge in [-0.3, -0.25) is 14.5 Å². The van der Waals surface area contributed by atoms with Gasteiger partial charge in [0.1, 0.15) is 11.5 Å². The van der Waals surface area contributed by atoms with Crippen molar-refractivity contribution in [1.82, 2.24) is 39.6 Å². The minimum Gasteiger partial charge on any atom is -0.508 e. The van der Waals surface area contributed by atoms with Gasteiger partial charge in [-0.2, -0.15) is 15.0 Å². The SMILES string of the molecule is CC(C)c1cc(C(=O)N2Cc3ccc(CN4CCN(C(=O)C5CN(c6nc(-c7cnc(N)nc7)nc(N7CCOCC7)n6)CCO5)[C@H](CO)C4)cc3C2)c(O)cc1O. The number of aromatic hydroxyl groups is 2. The van der Waals surface area contributed by atoms with E-state index in [2.05, 4.69) is 27.0 Å². The molecule has 18 heteroatoms. The molecule has 18 nitrogen and oxygen atoms in total. The number of nitrogens with zero attached hydrogens (tertiary/aromatic N) is 10. The largest absolute Gasteiger partial charge is 0.508 e. The summed E-state index contributed by atoms with van der Waals surface area (Å²) in [4.78, 5) is 59.7. The molecule has 2 aromatic carbocycles. The average Bonchev–Trinajstić information content (AvgIpc) is 3.67. The molecule has 306 valence electrons. The van der Waals surface area contributed by atoms with Gasteiger partial charge in [-0.25, -0.2) is 9.97 Å². The van der Waals surface area contributed by atoms with Crippen LogP contribution in [-0.4, -0.2) is 151 Å². The number of carbonyl (C=O) groups excluding carboxylic acids is 2. The van der Waals surface area contributed by atoms with Crippen LogP contribution in [-0.2, 0) is 33.9 Å². The fourth-order valence-corrected chi connectivity index (χ4v) is 8.00. The first-order valence-electron chi connectivity index (χ1n) is 19.7. The van der Waals surface area contributed by atoms with Crippen molar-refractivity contribution in [2.24, 2.45) is 0 Å². The molecule has 2 aromatic heterocycles. The second kappa shape index (κ2) is 16.7. The van der Waals surface area contributed by atoms with Crippen molar-refractivity contribution < 1.29 is 34.4 Å². The van der Waals surface area contributed by atoms with Crippen LogP contribution in [0.1, 0.15) is 52.4 Å². The lowest BCUT2D eigenvalue weighted by molar-refractivity contribution is -0.150. The minimum absolute atomic E-state index is 0.0170. The van der Waals surface area contributed by atoms with Crippen molar-refractivity contribution >= 4 is 29.7 Å². The first-order chi connectivity index (χ1) is 28.0. The number of phenolic OH excluding ortho intramolecular Hbond substituents is 2. The molecule has 0 saturated carbocycles. The van der Waals surface area contributed by atoms with Crippen molar-refractivity contribution in [3.63, 3.8) is 0 Å². The summed E-state index contributed by atoms with van der Waals surface area (Å²) < 4.78 is 11.6. The normalized spacial score (nSPS) is 20.1. The minimum atomic E-state index is -0.788. The van der Waals surface area contributed by atoms with Gasteiger partial charge in [0.15, 0.2) is 11.9 Å². The molecular formula is C40H49N11O7. The highest BCUT2D eigenvalue weighted by Crippen LogP contribution is 2.35. The number of amides is 2. The van der Waals surface area contributed by atoms with E-state index in [1.54, 1.807) is 28.3 Å². The van der Waals surface area contributed by atoms with E-state index in [0.29, 0.717) is 101 Å². The second-order valence-electron chi connectivity index (χ2n) is 15.4. The van der Waals surface area contributed by atoms with E-state index in [-0.39, 0.29) is 60.5 Å². The smallest absolute Gasteiger partial charge is 0.258 e. The Kier molecular flexibility index (Phi) is 11.2. The lowest BCUT2D eigenvalue weighted by atomic mass is 9.98. The van der Waals surface area contributed by atoms with Crippen molar-refractivity contribution in [3.05, 3.63) is 70.5 Å². The van der Waals surface area contributed by atoms with Gasteiger partial charge < -0.3 is 50.1 Å².